The molecule has 3 heterocycles. The monoisotopic (exact) mass is 655 g/mol. The number of para-hydroxylation sites is 1. The van der Waals surface area contributed by atoms with Gasteiger partial charge in [0.25, 0.3) is 0 Å². The predicted octanol–water partition coefficient (Wildman–Crippen LogP) is 12.6. The number of rotatable bonds is 5. The van der Waals surface area contributed by atoms with Gasteiger partial charge < -0.3 is 4.57 Å². The third kappa shape index (κ3) is 4.73. The van der Waals surface area contributed by atoms with E-state index >= 15 is 0 Å². The second kappa shape index (κ2) is 11.7. The summed E-state index contributed by atoms with van der Waals surface area (Å²) in [5.41, 5.74) is 11.2. The molecule has 0 amide bonds. The standard InChI is InChI=1S/C46H29N3S/c1-2-10-30(11-3-1)31-20-22-32(23-21-31)33-12-8-13-34(28-33)40-26-27-47-46(48-40)35-14-9-15-36(29-35)49-41-18-6-4-17-39(41)44-42(49)25-24-38-37-16-5-7-19-43(37)50-45(38)44/h1-29H. The van der Waals surface area contributed by atoms with E-state index in [2.05, 4.69) is 162 Å². The largest absolute Gasteiger partial charge is 0.309 e. The van der Waals surface area contributed by atoms with Gasteiger partial charge in [0.15, 0.2) is 5.82 Å². The minimum Gasteiger partial charge on any atom is -0.309 e. The molecule has 0 radical (unpaired) electrons. The lowest BCUT2D eigenvalue weighted by atomic mass is 9.98. The Balaban J connectivity index is 1.04. The number of aromatic nitrogens is 3. The maximum absolute atomic E-state index is 5.10. The SMILES string of the molecule is c1ccc(-c2ccc(-c3cccc(-c4ccnc(-c5cccc(-n6c7ccccc7c7c8sc9ccccc9c8ccc76)c5)n4)c3)cc2)cc1. The zero-order valence-corrected chi connectivity index (χ0v) is 27.8. The first-order valence-electron chi connectivity index (χ1n) is 16.8. The van der Waals surface area contributed by atoms with Crippen LogP contribution in [0.2, 0.25) is 0 Å². The van der Waals surface area contributed by atoms with E-state index in [0.717, 1.165) is 28.1 Å². The molecule has 0 saturated heterocycles. The lowest BCUT2D eigenvalue weighted by Gasteiger charge is -2.11. The lowest BCUT2D eigenvalue weighted by Crippen LogP contribution is -1.96. The fourth-order valence-electron chi connectivity index (χ4n) is 7.30. The zero-order chi connectivity index (χ0) is 33.0. The van der Waals surface area contributed by atoms with E-state index in [4.69, 9.17) is 9.97 Å². The van der Waals surface area contributed by atoms with Crippen LogP contribution in [0.5, 0.6) is 0 Å². The number of nitrogens with zero attached hydrogens (tertiary/aromatic N) is 3. The summed E-state index contributed by atoms with van der Waals surface area (Å²) < 4.78 is 5.03. The molecule has 3 nitrogen and oxygen atoms in total. The Morgan fingerprint density at radius 1 is 0.440 bits per heavy atom. The highest BCUT2D eigenvalue weighted by atomic mass is 32.1. The Kier molecular flexibility index (Phi) is 6.68. The molecule has 0 bridgehead atoms. The van der Waals surface area contributed by atoms with E-state index in [1.165, 1.54) is 58.7 Å². The summed E-state index contributed by atoms with van der Waals surface area (Å²) in [5.74, 6) is 0.703. The lowest BCUT2D eigenvalue weighted by molar-refractivity contribution is 1.16. The van der Waals surface area contributed by atoms with Gasteiger partial charge in [0.2, 0.25) is 0 Å². The first-order valence-corrected chi connectivity index (χ1v) is 17.6. The van der Waals surface area contributed by atoms with Crippen molar-refractivity contribution in [3.63, 3.8) is 0 Å². The van der Waals surface area contributed by atoms with Gasteiger partial charge in [-0.25, -0.2) is 9.97 Å². The molecule has 0 aliphatic carbocycles. The van der Waals surface area contributed by atoms with E-state index in [-0.39, 0.29) is 0 Å². The summed E-state index contributed by atoms with van der Waals surface area (Å²) >= 11 is 1.88. The average molecular weight is 656 g/mol. The summed E-state index contributed by atoms with van der Waals surface area (Å²) in [4.78, 5) is 9.84. The van der Waals surface area contributed by atoms with Crippen molar-refractivity contribution in [1.29, 1.82) is 0 Å². The van der Waals surface area contributed by atoms with Crippen LogP contribution < -0.4 is 0 Å². The average Bonchev–Trinajstić information content (AvgIpc) is 3.74. The van der Waals surface area contributed by atoms with Gasteiger partial charge in [-0.15, -0.1) is 11.3 Å². The number of hydrogen-bond acceptors (Lipinski definition) is 3. The predicted molar refractivity (Wildman–Crippen MR) is 211 cm³/mol. The Bertz CT molecular complexity index is 2860. The van der Waals surface area contributed by atoms with Crippen molar-refractivity contribution >= 4 is 53.3 Å². The van der Waals surface area contributed by atoms with E-state index < -0.39 is 0 Å². The van der Waals surface area contributed by atoms with Gasteiger partial charge in [-0.2, -0.15) is 0 Å². The van der Waals surface area contributed by atoms with Crippen LogP contribution in [-0.2, 0) is 0 Å². The molecule has 0 aliphatic rings. The van der Waals surface area contributed by atoms with Crippen molar-refractivity contribution in [2.45, 2.75) is 0 Å². The molecular weight excluding hydrogens is 627 g/mol. The molecule has 10 rings (SSSR count). The van der Waals surface area contributed by atoms with E-state index in [9.17, 15) is 0 Å². The fourth-order valence-corrected chi connectivity index (χ4v) is 8.56. The van der Waals surface area contributed by atoms with Crippen molar-refractivity contribution in [1.82, 2.24) is 14.5 Å². The van der Waals surface area contributed by atoms with Gasteiger partial charge in [-0.1, -0.05) is 127 Å². The number of hydrogen-bond donors (Lipinski definition) is 0. The van der Waals surface area contributed by atoms with Gasteiger partial charge in [0.05, 0.1) is 16.7 Å². The topological polar surface area (TPSA) is 30.7 Å². The normalized spacial score (nSPS) is 11.6. The van der Waals surface area contributed by atoms with Gasteiger partial charge in [-0.3, -0.25) is 0 Å². The minimum absolute atomic E-state index is 0.703. The molecule has 0 saturated carbocycles. The summed E-state index contributed by atoms with van der Waals surface area (Å²) in [6, 6.07) is 60.5. The van der Waals surface area contributed by atoms with Gasteiger partial charge in [-0.05, 0) is 64.7 Å². The second-order valence-electron chi connectivity index (χ2n) is 12.6. The van der Waals surface area contributed by atoms with Gasteiger partial charge in [0.1, 0.15) is 0 Å². The molecule has 0 N–H and O–H groups in total. The van der Waals surface area contributed by atoms with Crippen LogP contribution >= 0.6 is 11.3 Å². The van der Waals surface area contributed by atoms with Crippen LogP contribution in [0.15, 0.2) is 176 Å². The molecular formula is C46H29N3S. The molecule has 50 heavy (non-hydrogen) atoms. The summed E-state index contributed by atoms with van der Waals surface area (Å²) in [5, 5.41) is 5.19. The van der Waals surface area contributed by atoms with Crippen LogP contribution in [0.1, 0.15) is 0 Å². The fraction of sp³-hybridized carbons (Fsp3) is 0. The van der Waals surface area contributed by atoms with Crippen molar-refractivity contribution in [3.05, 3.63) is 176 Å². The minimum atomic E-state index is 0.703. The first kappa shape index (κ1) is 28.6. The second-order valence-corrected chi connectivity index (χ2v) is 13.7. The Labute approximate surface area is 293 Å². The quantitative estimate of drug-likeness (QED) is 0.185. The number of benzene rings is 7. The van der Waals surface area contributed by atoms with E-state index in [1.807, 2.05) is 29.7 Å². The van der Waals surface area contributed by atoms with Gasteiger partial charge >= 0.3 is 0 Å². The van der Waals surface area contributed by atoms with Crippen molar-refractivity contribution in [2.75, 3.05) is 0 Å². The highest BCUT2D eigenvalue weighted by Gasteiger charge is 2.18. The number of fused-ring (bicyclic) bond motifs is 7. The van der Waals surface area contributed by atoms with Crippen molar-refractivity contribution < 1.29 is 0 Å². The Morgan fingerprint density at radius 2 is 1.12 bits per heavy atom. The molecule has 0 unspecified atom stereocenters. The van der Waals surface area contributed by atoms with Crippen molar-refractivity contribution in [2.24, 2.45) is 0 Å². The first-order chi connectivity index (χ1) is 24.8. The van der Waals surface area contributed by atoms with Crippen LogP contribution in [0.25, 0.3) is 92.6 Å². The summed E-state index contributed by atoms with van der Waals surface area (Å²) in [6.45, 7) is 0. The highest BCUT2D eigenvalue weighted by molar-refractivity contribution is 7.26. The van der Waals surface area contributed by atoms with Crippen molar-refractivity contribution in [3.8, 4) is 50.6 Å². The van der Waals surface area contributed by atoms with Crippen LogP contribution in [0, 0.1) is 0 Å². The molecule has 0 aliphatic heterocycles. The van der Waals surface area contributed by atoms with Crippen LogP contribution in [0.3, 0.4) is 0 Å². The third-order valence-electron chi connectivity index (χ3n) is 9.68. The van der Waals surface area contributed by atoms with Crippen LogP contribution in [-0.4, -0.2) is 14.5 Å². The summed E-state index contributed by atoms with van der Waals surface area (Å²) in [6.07, 6.45) is 1.87. The molecule has 10 aromatic rings. The molecule has 7 aromatic carbocycles. The van der Waals surface area contributed by atoms with E-state index in [0.29, 0.717) is 5.82 Å². The Morgan fingerprint density at radius 3 is 2.00 bits per heavy atom. The highest BCUT2D eigenvalue weighted by Crippen LogP contribution is 2.43. The third-order valence-corrected chi connectivity index (χ3v) is 10.9. The maximum Gasteiger partial charge on any atom is 0.159 e. The van der Waals surface area contributed by atoms with Gasteiger partial charge in [0, 0.05) is 54.0 Å². The van der Waals surface area contributed by atoms with E-state index in [1.54, 1.807) is 0 Å². The molecule has 234 valence electrons. The summed E-state index contributed by atoms with van der Waals surface area (Å²) in [7, 11) is 0. The smallest absolute Gasteiger partial charge is 0.159 e. The number of thiophene rings is 1. The molecule has 3 aromatic heterocycles. The van der Waals surface area contributed by atoms with Crippen LogP contribution in [0.4, 0.5) is 0 Å². The molecule has 0 fully saturated rings. The molecule has 4 heteroatoms. The molecule has 0 spiro atoms. The molecule has 0 atom stereocenters. The maximum atomic E-state index is 5.10. The Hall–Kier alpha value is -6.36. The zero-order valence-electron chi connectivity index (χ0n) is 27.0.